The molecular weight excluding hydrogens is 352 g/mol. The van der Waals surface area contributed by atoms with Crippen LogP contribution in [0.4, 0.5) is 0 Å². The Balaban J connectivity index is 1.49. The summed E-state index contributed by atoms with van der Waals surface area (Å²) < 4.78 is 0. The molecule has 2 heterocycles. The number of hydrogen-bond acceptors (Lipinski definition) is 2. The van der Waals surface area contributed by atoms with Crippen molar-refractivity contribution in [2.75, 3.05) is 13.1 Å². The van der Waals surface area contributed by atoms with Gasteiger partial charge in [0.25, 0.3) is 5.91 Å². The second-order valence-corrected chi connectivity index (χ2v) is 8.10. The van der Waals surface area contributed by atoms with Gasteiger partial charge in [-0.2, -0.15) is 0 Å². The fourth-order valence-electron chi connectivity index (χ4n) is 4.02. The third kappa shape index (κ3) is 4.29. The second kappa shape index (κ2) is 8.51. The summed E-state index contributed by atoms with van der Waals surface area (Å²) in [6, 6.07) is 25.1. The highest BCUT2D eigenvalue weighted by Gasteiger charge is 2.32. The summed E-state index contributed by atoms with van der Waals surface area (Å²) in [5, 5.41) is 5.42. The topological polar surface area (TPSA) is 33.5 Å². The quantitative estimate of drug-likeness (QED) is 0.678. The van der Waals surface area contributed by atoms with Crippen molar-refractivity contribution in [3.63, 3.8) is 0 Å². The van der Waals surface area contributed by atoms with Gasteiger partial charge in [-0.05, 0) is 22.6 Å². The first kappa shape index (κ1) is 18.0. The summed E-state index contributed by atoms with van der Waals surface area (Å²) in [6.07, 6.45) is 2.36. The Labute approximate surface area is 164 Å². The molecule has 0 aliphatic carbocycles. The van der Waals surface area contributed by atoms with Crippen LogP contribution in [0.3, 0.4) is 0 Å². The molecule has 2 aromatic carbocycles. The van der Waals surface area contributed by atoms with E-state index in [-0.39, 0.29) is 11.9 Å². The molecule has 2 atom stereocenters. The summed E-state index contributed by atoms with van der Waals surface area (Å²) in [5.74, 6) is 0.117. The molecule has 2 N–H and O–H groups in total. The highest BCUT2D eigenvalue weighted by atomic mass is 32.1. The molecule has 4 heteroatoms. The van der Waals surface area contributed by atoms with E-state index in [1.807, 2.05) is 36.4 Å². The monoisotopic (exact) mass is 377 g/mol. The van der Waals surface area contributed by atoms with Crippen LogP contribution in [0.5, 0.6) is 0 Å². The number of amides is 1. The van der Waals surface area contributed by atoms with Crippen LogP contribution in [0, 0.1) is 0 Å². The molecule has 0 bridgehead atoms. The molecule has 4 rings (SSSR count). The van der Waals surface area contributed by atoms with E-state index in [9.17, 15) is 4.79 Å². The zero-order valence-electron chi connectivity index (χ0n) is 15.3. The van der Waals surface area contributed by atoms with Crippen LogP contribution in [-0.4, -0.2) is 19.0 Å². The molecule has 3 nitrogen and oxygen atoms in total. The summed E-state index contributed by atoms with van der Waals surface area (Å²) in [4.78, 5) is 15.7. The van der Waals surface area contributed by atoms with Gasteiger partial charge in [-0.25, -0.2) is 0 Å². The maximum atomic E-state index is 12.9. The average Bonchev–Trinajstić information content (AvgIpc) is 3.39. The summed E-state index contributed by atoms with van der Waals surface area (Å²) in [7, 11) is 0. The molecule has 0 spiro atoms. The number of quaternary nitrogens is 1. The minimum atomic E-state index is -0.109. The first-order valence-electron chi connectivity index (χ1n) is 9.58. The maximum absolute atomic E-state index is 12.9. The summed E-state index contributed by atoms with van der Waals surface area (Å²) in [5.41, 5.74) is 2.23. The van der Waals surface area contributed by atoms with Crippen molar-refractivity contribution in [1.82, 2.24) is 5.32 Å². The van der Waals surface area contributed by atoms with Crippen LogP contribution in [0.1, 0.15) is 40.9 Å². The van der Waals surface area contributed by atoms with Crippen LogP contribution in [0.2, 0.25) is 0 Å². The van der Waals surface area contributed by atoms with Crippen molar-refractivity contribution in [3.8, 4) is 0 Å². The van der Waals surface area contributed by atoms with Gasteiger partial charge < -0.3 is 10.2 Å². The molecule has 27 heavy (non-hydrogen) atoms. The van der Waals surface area contributed by atoms with Gasteiger partial charge in [-0.15, -0.1) is 11.3 Å². The highest BCUT2D eigenvalue weighted by Crippen LogP contribution is 2.24. The number of carbonyl (C=O) groups is 1. The molecule has 1 saturated heterocycles. The van der Waals surface area contributed by atoms with E-state index in [0.29, 0.717) is 12.6 Å². The smallest absolute Gasteiger partial charge is 0.275 e. The Morgan fingerprint density at radius 3 is 2.26 bits per heavy atom. The molecule has 1 unspecified atom stereocenters. The zero-order valence-corrected chi connectivity index (χ0v) is 16.1. The van der Waals surface area contributed by atoms with E-state index >= 15 is 0 Å². The predicted octanol–water partition coefficient (Wildman–Crippen LogP) is 3.37. The molecule has 1 aromatic heterocycles. The largest absolute Gasteiger partial charge is 0.340 e. The van der Waals surface area contributed by atoms with Crippen molar-refractivity contribution >= 4 is 17.2 Å². The van der Waals surface area contributed by atoms with Crippen LogP contribution in [-0.2, 0) is 4.79 Å². The first-order chi connectivity index (χ1) is 13.3. The third-order valence-corrected chi connectivity index (χ3v) is 6.31. The lowest BCUT2D eigenvalue weighted by atomic mass is 9.98. The number of carbonyl (C=O) groups excluding carboxylic acids is 1. The summed E-state index contributed by atoms with van der Waals surface area (Å²) >= 11 is 1.81. The average molecular weight is 378 g/mol. The fraction of sp³-hybridized carbons (Fsp3) is 0.261. The number of likely N-dealkylation sites (tertiary alicyclic amines) is 1. The van der Waals surface area contributed by atoms with Gasteiger partial charge in [0.05, 0.1) is 17.5 Å². The standard InChI is InChI=1S/C23H24N2OS/c26-22(17-25-15-7-13-20(25)21-14-8-16-27-21)24-23(18-9-3-1-4-10-18)19-11-5-2-6-12-19/h1-6,8-12,14,16,20,23H,7,13,15,17H2,(H,24,26)/p+1/t20-/m0/s1. The highest BCUT2D eigenvalue weighted by molar-refractivity contribution is 7.10. The van der Waals surface area contributed by atoms with Crippen molar-refractivity contribution in [3.05, 3.63) is 94.2 Å². The Bertz CT molecular complexity index is 809. The normalized spacial score (nSPS) is 19.3. The van der Waals surface area contributed by atoms with Crippen molar-refractivity contribution in [2.24, 2.45) is 0 Å². The lowest BCUT2D eigenvalue weighted by molar-refractivity contribution is -0.910. The zero-order chi connectivity index (χ0) is 18.5. The fourth-order valence-corrected chi connectivity index (χ4v) is 4.94. The first-order valence-corrected chi connectivity index (χ1v) is 10.5. The lowest BCUT2D eigenvalue weighted by Crippen LogP contribution is -3.11. The van der Waals surface area contributed by atoms with Gasteiger partial charge >= 0.3 is 0 Å². The van der Waals surface area contributed by atoms with E-state index in [1.165, 1.54) is 22.6 Å². The van der Waals surface area contributed by atoms with E-state index in [1.54, 1.807) is 11.3 Å². The molecule has 1 amide bonds. The van der Waals surface area contributed by atoms with E-state index in [4.69, 9.17) is 0 Å². The maximum Gasteiger partial charge on any atom is 0.275 e. The molecule has 138 valence electrons. The molecule has 3 aromatic rings. The van der Waals surface area contributed by atoms with Crippen molar-refractivity contribution < 1.29 is 9.69 Å². The summed E-state index contributed by atoms with van der Waals surface area (Å²) in [6.45, 7) is 1.59. The van der Waals surface area contributed by atoms with Gasteiger partial charge in [0, 0.05) is 12.8 Å². The van der Waals surface area contributed by atoms with Crippen LogP contribution < -0.4 is 10.2 Å². The molecule has 0 saturated carbocycles. The Morgan fingerprint density at radius 2 is 1.67 bits per heavy atom. The molecule has 1 fully saturated rings. The van der Waals surface area contributed by atoms with Crippen molar-refractivity contribution in [1.29, 1.82) is 0 Å². The second-order valence-electron chi connectivity index (χ2n) is 7.12. The number of rotatable bonds is 6. The van der Waals surface area contributed by atoms with Crippen molar-refractivity contribution in [2.45, 2.75) is 24.9 Å². The van der Waals surface area contributed by atoms with E-state index in [2.05, 4.69) is 47.1 Å². The number of benzene rings is 2. The third-order valence-electron chi connectivity index (χ3n) is 5.33. The SMILES string of the molecule is O=C(C[NH+]1CCC[C@H]1c1cccs1)NC(c1ccccc1)c1ccccc1. The van der Waals surface area contributed by atoms with Gasteiger partial charge in [0.2, 0.25) is 0 Å². The number of hydrogen-bond donors (Lipinski definition) is 2. The minimum absolute atomic E-state index is 0.109. The van der Waals surface area contributed by atoms with Gasteiger partial charge in [0.1, 0.15) is 6.04 Å². The molecule has 1 aliphatic heterocycles. The Morgan fingerprint density at radius 1 is 1.00 bits per heavy atom. The Kier molecular flexibility index (Phi) is 5.66. The minimum Gasteiger partial charge on any atom is -0.340 e. The molecule has 1 aliphatic rings. The van der Waals surface area contributed by atoms with E-state index in [0.717, 1.165) is 17.7 Å². The number of nitrogens with one attached hydrogen (secondary N) is 2. The van der Waals surface area contributed by atoms with Gasteiger partial charge in [0.15, 0.2) is 6.54 Å². The van der Waals surface area contributed by atoms with Crippen LogP contribution in [0.15, 0.2) is 78.2 Å². The molecule has 0 radical (unpaired) electrons. The lowest BCUT2D eigenvalue weighted by Gasteiger charge is -2.23. The van der Waals surface area contributed by atoms with Gasteiger partial charge in [-0.1, -0.05) is 66.7 Å². The van der Waals surface area contributed by atoms with Crippen LogP contribution in [0.25, 0.3) is 0 Å². The number of thiophene rings is 1. The van der Waals surface area contributed by atoms with Gasteiger partial charge in [-0.3, -0.25) is 4.79 Å². The van der Waals surface area contributed by atoms with E-state index < -0.39 is 0 Å². The predicted molar refractivity (Wildman–Crippen MR) is 110 cm³/mol. The molecular formula is C23H25N2OS+. The Hall–Kier alpha value is -2.43. The van der Waals surface area contributed by atoms with Crippen LogP contribution >= 0.6 is 11.3 Å².